The third-order valence-corrected chi connectivity index (χ3v) is 14.7. The number of ether oxygens (including phenoxy) is 2. The number of likely N-dealkylation sites (N-methyl/N-ethyl adjacent to an activating group) is 1. The lowest BCUT2D eigenvalue weighted by Gasteiger charge is -2.24. The number of phosphoric ester groups is 1. The van der Waals surface area contributed by atoms with E-state index in [0.29, 0.717) is 23.9 Å². The summed E-state index contributed by atoms with van der Waals surface area (Å²) in [6.45, 7) is 4.48. The third-order valence-electron chi connectivity index (χ3n) is 13.7. The average Bonchev–Trinajstić information content (AvgIpc) is 3.33. The van der Waals surface area contributed by atoms with Crippen LogP contribution < -0.4 is 0 Å². The first-order valence-electron chi connectivity index (χ1n) is 30.6. The van der Waals surface area contributed by atoms with E-state index in [1.807, 2.05) is 21.1 Å². The number of quaternary nitrogens is 1. The Morgan fingerprint density at radius 3 is 1.11 bits per heavy atom. The first kappa shape index (κ1) is 69.5. The van der Waals surface area contributed by atoms with E-state index in [1.54, 1.807) is 0 Å². The number of carbonyl (C=O) groups is 2. The molecule has 0 aromatic rings. The van der Waals surface area contributed by atoms with E-state index in [2.05, 4.69) is 38.2 Å². The van der Waals surface area contributed by atoms with E-state index >= 15 is 0 Å². The smallest absolute Gasteiger partial charge is 0.462 e. The van der Waals surface area contributed by atoms with E-state index in [9.17, 15) is 19.0 Å². The summed E-state index contributed by atoms with van der Waals surface area (Å²) in [5, 5.41) is 0. The highest BCUT2D eigenvalue weighted by molar-refractivity contribution is 7.47. The zero-order chi connectivity index (χ0) is 52.0. The van der Waals surface area contributed by atoms with Gasteiger partial charge in [-0.05, 0) is 44.9 Å². The molecule has 420 valence electrons. The lowest BCUT2D eigenvalue weighted by Crippen LogP contribution is -2.37. The second kappa shape index (κ2) is 53.3. The summed E-state index contributed by atoms with van der Waals surface area (Å²) in [5.41, 5.74) is 0. The summed E-state index contributed by atoms with van der Waals surface area (Å²) in [7, 11) is 1.50. The van der Waals surface area contributed by atoms with Crippen LogP contribution in [-0.4, -0.2) is 74.9 Å². The molecule has 0 radical (unpaired) electrons. The fourth-order valence-corrected chi connectivity index (χ4v) is 9.73. The average molecular weight is 1030 g/mol. The number of hydrogen-bond donors (Lipinski definition) is 1. The minimum atomic E-state index is -4.38. The van der Waals surface area contributed by atoms with Crippen LogP contribution in [0.3, 0.4) is 0 Å². The second-order valence-electron chi connectivity index (χ2n) is 22.1. The fourth-order valence-electron chi connectivity index (χ4n) is 8.99. The lowest BCUT2D eigenvalue weighted by atomic mass is 10.0. The first-order valence-corrected chi connectivity index (χ1v) is 32.1. The third kappa shape index (κ3) is 57.6. The summed E-state index contributed by atoms with van der Waals surface area (Å²) in [5.74, 6) is -0.778. The van der Waals surface area contributed by atoms with Gasteiger partial charge in [-0.25, -0.2) is 4.57 Å². The minimum Gasteiger partial charge on any atom is -0.462 e. The Kier molecular flexibility index (Phi) is 52.2. The van der Waals surface area contributed by atoms with E-state index < -0.39 is 26.5 Å². The van der Waals surface area contributed by atoms with Crippen molar-refractivity contribution < 1.29 is 42.1 Å². The summed E-state index contributed by atoms with van der Waals surface area (Å²) >= 11 is 0. The first-order chi connectivity index (χ1) is 34.5. The minimum absolute atomic E-state index is 0.0355. The van der Waals surface area contributed by atoms with Crippen LogP contribution in [0.5, 0.6) is 0 Å². The highest BCUT2D eigenvalue weighted by atomic mass is 31.2. The molecule has 0 heterocycles. The van der Waals surface area contributed by atoms with Crippen molar-refractivity contribution in [1.82, 2.24) is 0 Å². The summed E-state index contributed by atoms with van der Waals surface area (Å²) in [6, 6.07) is 0. The van der Waals surface area contributed by atoms with Gasteiger partial charge in [0.2, 0.25) is 0 Å². The largest absolute Gasteiger partial charge is 0.472 e. The van der Waals surface area contributed by atoms with Gasteiger partial charge in [0.15, 0.2) is 6.10 Å². The topological polar surface area (TPSA) is 108 Å². The Balaban J connectivity index is 4.02. The van der Waals surface area contributed by atoms with Gasteiger partial charge < -0.3 is 18.9 Å². The van der Waals surface area contributed by atoms with Gasteiger partial charge >= 0.3 is 19.8 Å². The van der Waals surface area contributed by atoms with Crippen molar-refractivity contribution in [2.24, 2.45) is 0 Å². The van der Waals surface area contributed by atoms with Crippen LogP contribution in [0.2, 0.25) is 0 Å². The fraction of sp³-hybridized carbons (Fsp3) is 0.902. The predicted octanol–water partition coefficient (Wildman–Crippen LogP) is 19.0. The normalized spacial score (nSPS) is 13.4. The van der Waals surface area contributed by atoms with E-state index in [4.69, 9.17) is 18.5 Å². The number of nitrogens with zero attached hydrogens (tertiary/aromatic N) is 1. The molecule has 1 N–H and O–H groups in total. The monoisotopic (exact) mass is 1020 g/mol. The Labute approximate surface area is 440 Å². The van der Waals surface area contributed by atoms with Crippen molar-refractivity contribution in [3.05, 3.63) is 24.3 Å². The van der Waals surface area contributed by atoms with Crippen molar-refractivity contribution >= 4 is 19.8 Å². The zero-order valence-corrected chi connectivity index (χ0v) is 48.6. The quantitative estimate of drug-likeness (QED) is 0.0211. The number of carbonyl (C=O) groups excluding carboxylic acids is 2. The molecule has 0 aromatic heterocycles. The zero-order valence-electron chi connectivity index (χ0n) is 47.7. The van der Waals surface area contributed by atoms with Crippen molar-refractivity contribution in [3.63, 3.8) is 0 Å². The number of rotatable bonds is 57. The number of phosphoric acid groups is 1. The van der Waals surface area contributed by atoms with Gasteiger partial charge in [0, 0.05) is 12.8 Å². The van der Waals surface area contributed by atoms with Gasteiger partial charge in [0.1, 0.15) is 19.8 Å². The van der Waals surface area contributed by atoms with Crippen molar-refractivity contribution in [1.29, 1.82) is 0 Å². The van der Waals surface area contributed by atoms with E-state index in [1.165, 1.54) is 231 Å². The molecule has 0 aliphatic rings. The lowest BCUT2D eigenvalue weighted by molar-refractivity contribution is -0.870. The molecule has 2 unspecified atom stereocenters. The Morgan fingerprint density at radius 1 is 0.437 bits per heavy atom. The molecular formula is C61H119NO8P+. The number of allylic oxidation sites excluding steroid dienone is 4. The molecule has 0 fully saturated rings. The van der Waals surface area contributed by atoms with Gasteiger partial charge in [-0.15, -0.1) is 0 Å². The number of unbranched alkanes of at least 4 members (excludes halogenated alkanes) is 39. The van der Waals surface area contributed by atoms with E-state index in [-0.39, 0.29) is 25.6 Å². The molecule has 0 bridgehead atoms. The van der Waals surface area contributed by atoms with Crippen molar-refractivity contribution in [2.45, 2.75) is 309 Å². The molecule has 0 spiro atoms. The van der Waals surface area contributed by atoms with Gasteiger partial charge in [-0.2, -0.15) is 0 Å². The molecular weight excluding hydrogens is 906 g/mol. The van der Waals surface area contributed by atoms with Crippen molar-refractivity contribution in [2.75, 3.05) is 47.5 Å². The maximum atomic E-state index is 12.8. The van der Waals surface area contributed by atoms with Crippen LogP contribution >= 0.6 is 7.82 Å². The number of hydrogen-bond acceptors (Lipinski definition) is 7. The Bertz CT molecular complexity index is 1250. The summed E-state index contributed by atoms with van der Waals surface area (Å²) < 4.78 is 34.6. The molecule has 9 nitrogen and oxygen atoms in total. The maximum Gasteiger partial charge on any atom is 0.472 e. The van der Waals surface area contributed by atoms with Crippen LogP contribution in [0, 0.1) is 0 Å². The molecule has 0 saturated carbocycles. The highest BCUT2D eigenvalue weighted by Gasteiger charge is 2.27. The van der Waals surface area contributed by atoms with Gasteiger partial charge in [-0.3, -0.25) is 18.6 Å². The molecule has 0 saturated heterocycles. The molecule has 71 heavy (non-hydrogen) atoms. The van der Waals surface area contributed by atoms with Gasteiger partial charge in [0.05, 0.1) is 27.7 Å². The molecule has 10 heteroatoms. The predicted molar refractivity (Wildman–Crippen MR) is 303 cm³/mol. The Morgan fingerprint density at radius 2 is 0.761 bits per heavy atom. The van der Waals surface area contributed by atoms with Crippen LogP contribution in [0.15, 0.2) is 24.3 Å². The molecule has 0 amide bonds. The molecule has 0 aliphatic carbocycles. The molecule has 0 aromatic carbocycles. The second-order valence-corrected chi connectivity index (χ2v) is 23.6. The molecule has 2 atom stereocenters. The van der Waals surface area contributed by atoms with E-state index in [0.717, 1.165) is 38.5 Å². The highest BCUT2D eigenvalue weighted by Crippen LogP contribution is 2.43. The van der Waals surface area contributed by atoms with Crippen LogP contribution in [0.25, 0.3) is 0 Å². The van der Waals surface area contributed by atoms with Gasteiger partial charge in [-0.1, -0.05) is 269 Å². The van der Waals surface area contributed by atoms with Crippen LogP contribution in [0.1, 0.15) is 303 Å². The molecule has 0 aliphatic heterocycles. The maximum absolute atomic E-state index is 12.8. The SMILES string of the molecule is CCCCCCC/C=C\C/C=C\CCCCCCCCCCCCCCCCCCCCCC(=O)OC(COC(=O)CCCCCCCCCCCCCCCCCC)COP(=O)(O)OCC[N+](C)(C)C. The van der Waals surface area contributed by atoms with Crippen LogP contribution in [0.4, 0.5) is 0 Å². The van der Waals surface area contributed by atoms with Gasteiger partial charge in [0.25, 0.3) is 0 Å². The summed E-state index contributed by atoms with van der Waals surface area (Å²) in [4.78, 5) is 35.7. The Hall–Kier alpha value is -1.51. The standard InChI is InChI=1S/C61H118NO8P/c1-6-8-10-12-14-16-18-20-22-24-25-26-27-28-29-30-31-32-33-34-35-36-37-38-40-42-44-46-48-50-52-54-61(64)70-59(58-69-71(65,66)68-56-55-62(3,4)5)57-67-60(63)53-51-49-47-45-43-41-39-23-21-19-17-15-13-11-9-7-2/h18,20,24-25,59H,6-17,19,21-23,26-58H2,1-5H3/p+1/b20-18-,25-24-. The summed E-state index contributed by atoms with van der Waals surface area (Å²) in [6.07, 6.45) is 64.0. The van der Waals surface area contributed by atoms with Crippen LogP contribution in [-0.2, 0) is 32.7 Å². The molecule has 0 rings (SSSR count). The van der Waals surface area contributed by atoms with Crippen molar-refractivity contribution in [3.8, 4) is 0 Å². The number of esters is 2.